The lowest BCUT2D eigenvalue weighted by atomic mass is 9.95. The molecule has 16 heteroatoms. The van der Waals surface area contributed by atoms with Gasteiger partial charge in [-0.3, -0.25) is 4.79 Å². The number of aliphatic hydroxyl groups excluding tert-OH is 8. The fraction of sp³-hybridized carbons (Fsp3) is 0.957. The zero-order chi connectivity index (χ0) is 29.0. The van der Waals surface area contributed by atoms with Gasteiger partial charge in [0.2, 0.25) is 5.91 Å². The lowest BCUT2D eigenvalue weighted by Gasteiger charge is -2.49. The average Bonchev–Trinajstić information content (AvgIpc) is 2.90. The molecule has 0 aromatic carbocycles. The van der Waals surface area contributed by atoms with E-state index in [1.165, 1.54) is 13.8 Å². The fourth-order valence-corrected chi connectivity index (χ4v) is 4.73. The molecular weight excluding hydrogens is 530 g/mol. The van der Waals surface area contributed by atoms with E-state index in [0.717, 1.165) is 0 Å². The van der Waals surface area contributed by atoms with Crippen LogP contribution < -0.4 is 5.32 Å². The standard InChI is InChI=1S/C23H41NO15/c1-4-5-34-23-20(39-21-12(24-9(3)27)16(31)14(29)10(6-25)36-21)19(13(28)8(2)35-23)38-22-18(33)17(32)15(30)11(7-26)37-22/h8,10-23,25-26,28-33H,4-7H2,1-3H3,(H,24,27)/t8-,10+,11+,12+,13-,14+,15+,16+,17-,18+,19+,20+,21-,22+,23+/m0/s1. The molecule has 0 spiro atoms. The van der Waals surface area contributed by atoms with Crippen molar-refractivity contribution in [2.75, 3.05) is 19.8 Å². The van der Waals surface area contributed by atoms with Crippen LogP contribution in [0.3, 0.4) is 0 Å². The van der Waals surface area contributed by atoms with Crippen LogP contribution in [0.5, 0.6) is 0 Å². The van der Waals surface area contributed by atoms with Crippen molar-refractivity contribution in [3.8, 4) is 0 Å². The highest BCUT2D eigenvalue weighted by Crippen LogP contribution is 2.33. The van der Waals surface area contributed by atoms with E-state index >= 15 is 0 Å². The fourth-order valence-electron chi connectivity index (χ4n) is 4.73. The van der Waals surface area contributed by atoms with Gasteiger partial charge in [0.15, 0.2) is 18.9 Å². The molecule has 0 aliphatic carbocycles. The SMILES string of the molecule is CCCO[C@@H]1O[C@@H](C)[C@H](O)[C@@H](O[C@H]2O[C@H](CO)[C@@H](O)[C@H](O)[C@H]2O)[C@H]1O[C@@H]1O[C@H](CO)[C@@H](O)[C@H](O)[C@H]1NC(C)=O. The average molecular weight is 572 g/mol. The Balaban J connectivity index is 1.93. The smallest absolute Gasteiger partial charge is 0.217 e. The molecular formula is C23H41NO15. The number of aliphatic hydroxyl groups is 8. The summed E-state index contributed by atoms with van der Waals surface area (Å²) in [7, 11) is 0. The number of hydrogen-bond donors (Lipinski definition) is 9. The molecule has 3 aliphatic heterocycles. The third-order valence-corrected chi connectivity index (χ3v) is 6.93. The number of amides is 1. The molecule has 0 unspecified atom stereocenters. The van der Waals surface area contributed by atoms with E-state index in [-0.39, 0.29) is 6.61 Å². The second-order valence-electron chi connectivity index (χ2n) is 9.90. The Morgan fingerprint density at radius 2 is 1.31 bits per heavy atom. The summed E-state index contributed by atoms with van der Waals surface area (Å²) >= 11 is 0. The molecule has 0 bridgehead atoms. The van der Waals surface area contributed by atoms with E-state index in [9.17, 15) is 45.6 Å². The van der Waals surface area contributed by atoms with Crippen molar-refractivity contribution >= 4 is 5.91 Å². The van der Waals surface area contributed by atoms with Gasteiger partial charge in [-0.25, -0.2) is 0 Å². The zero-order valence-electron chi connectivity index (χ0n) is 21.9. The molecule has 0 saturated carbocycles. The zero-order valence-corrected chi connectivity index (χ0v) is 21.9. The highest BCUT2D eigenvalue weighted by molar-refractivity contribution is 5.73. The maximum absolute atomic E-state index is 11.8. The Hall–Kier alpha value is -1.09. The molecule has 16 nitrogen and oxygen atoms in total. The van der Waals surface area contributed by atoms with Crippen molar-refractivity contribution in [1.29, 1.82) is 0 Å². The molecule has 3 aliphatic rings. The van der Waals surface area contributed by atoms with Crippen LogP contribution in [0.4, 0.5) is 0 Å². The topological polar surface area (TPSA) is 246 Å². The van der Waals surface area contributed by atoms with Crippen LogP contribution in [-0.2, 0) is 33.2 Å². The van der Waals surface area contributed by atoms with Gasteiger partial charge in [-0.05, 0) is 13.3 Å². The van der Waals surface area contributed by atoms with Crippen LogP contribution >= 0.6 is 0 Å². The first-order valence-corrected chi connectivity index (χ1v) is 12.9. The summed E-state index contributed by atoms with van der Waals surface area (Å²) < 4.78 is 34.6. The maximum Gasteiger partial charge on any atom is 0.217 e. The quantitative estimate of drug-likeness (QED) is 0.119. The van der Waals surface area contributed by atoms with Gasteiger partial charge in [0.1, 0.15) is 67.1 Å². The van der Waals surface area contributed by atoms with Crippen molar-refractivity contribution in [3.05, 3.63) is 0 Å². The van der Waals surface area contributed by atoms with Crippen molar-refractivity contribution < 1.29 is 74.1 Å². The van der Waals surface area contributed by atoms with Gasteiger partial charge in [-0.15, -0.1) is 0 Å². The summed E-state index contributed by atoms with van der Waals surface area (Å²) in [6.45, 7) is 3.29. The minimum atomic E-state index is -1.79. The monoisotopic (exact) mass is 571 g/mol. The first kappa shape index (κ1) is 32.4. The summed E-state index contributed by atoms with van der Waals surface area (Å²) in [5.41, 5.74) is 0. The molecule has 3 saturated heterocycles. The number of ether oxygens (including phenoxy) is 6. The van der Waals surface area contributed by atoms with Crippen LogP contribution in [0.25, 0.3) is 0 Å². The molecule has 228 valence electrons. The predicted molar refractivity (Wildman–Crippen MR) is 125 cm³/mol. The van der Waals surface area contributed by atoms with Crippen molar-refractivity contribution in [2.24, 2.45) is 0 Å². The Kier molecular flexibility index (Phi) is 11.8. The minimum Gasteiger partial charge on any atom is -0.394 e. The normalized spacial score (nSPS) is 47.1. The molecule has 0 aromatic rings. The molecule has 3 heterocycles. The van der Waals surface area contributed by atoms with Crippen LogP contribution in [0, 0.1) is 0 Å². The number of carbonyl (C=O) groups is 1. The highest BCUT2D eigenvalue weighted by atomic mass is 16.8. The van der Waals surface area contributed by atoms with E-state index in [1.807, 2.05) is 6.92 Å². The van der Waals surface area contributed by atoms with E-state index in [0.29, 0.717) is 6.42 Å². The summed E-state index contributed by atoms with van der Waals surface area (Å²) in [5.74, 6) is -0.590. The van der Waals surface area contributed by atoms with E-state index < -0.39 is 111 Å². The molecule has 3 fully saturated rings. The van der Waals surface area contributed by atoms with Crippen LogP contribution in [0.2, 0.25) is 0 Å². The predicted octanol–water partition coefficient (Wildman–Crippen LogP) is -4.97. The van der Waals surface area contributed by atoms with Gasteiger partial charge in [-0.1, -0.05) is 6.92 Å². The molecule has 3 rings (SSSR count). The maximum atomic E-state index is 11.8. The van der Waals surface area contributed by atoms with Gasteiger partial charge in [0.05, 0.1) is 19.3 Å². The number of carbonyl (C=O) groups excluding carboxylic acids is 1. The summed E-state index contributed by atoms with van der Waals surface area (Å²) in [6.07, 6.45) is -20.0. The molecule has 39 heavy (non-hydrogen) atoms. The summed E-state index contributed by atoms with van der Waals surface area (Å²) in [6, 6.07) is -1.34. The minimum absolute atomic E-state index is 0.182. The number of nitrogens with one attached hydrogen (secondary N) is 1. The Morgan fingerprint density at radius 3 is 1.87 bits per heavy atom. The molecule has 0 aromatic heterocycles. The number of hydrogen-bond acceptors (Lipinski definition) is 15. The van der Waals surface area contributed by atoms with E-state index in [4.69, 9.17) is 28.4 Å². The Morgan fingerprint density at radius 1 is 0.744 bits per heavy atom. The summed E-state index contributed by atoms with van der Waals surface area (Å²) in [4.78, 5) is 11.8. The Labute approximate surface area is 224 Å². The van der Waals surface area contributed by atoms with Gasteiger partial charge in [-0.2, -0.15) is 0 Å². The first-order valence-electron chi connectivity index (χ1n) is 12.9. The molecule has 15 atom stereocenters. The first-order chi connectivity index (χ1) is 18.4. The summed E-state index contributed by atoms with van der Waals surface area (Å²) in [5, 5.41) is 84.4. The second kappa shape index (κ2) is 14.2. The highest BCUT2D eigenvalue weighted by Gasteiger charge is 2.54. The third-order valence-electron chi connectivity index (χ3n) is 6.93. The third kappa shape index (κ3) is 7.22. The lowest BCUT2D eigenvalue weighted by Crippen LogP contribution is -2.68. The van der Waals surface area contributed by atoms with Crippen LogP contribution in [-0.4, -0.2) is 159 Å². The lowest BCUT2D eigenvalue weighted by molar-refractivity contribution is -0.383. The Bertz CT molecular complexity index is 776. The van der Waals surface area contributed by atoms with E-state index in [1.54, 1.807) is 0 Å². The van der Waals surface area contributed by atoms with Crippen molar-refractivity contribution in [1.82, 2.24) is 5.32 Å². The van der Waals surface area contributed by atoms with Crippen LogP contribution in [0.1, 0.15) is 27.2 Å². The van der Waals surface area contributed by atoms with Gasteiger partial charge < -0.3 is 74.6 Å². The number of rotatable bonds is 10. The molecule has 1 amide bonds. The molecule has 9 N–H and O–H groups in total. The van der Waals surface area contributed by atoms with Gasteiger partial charge >= 0.3 is 0 Å². The van der Waals surface area contributed by atoms with Gasteiger partial charge in [0.25, 0.3) is 0 Å². The van der Waals surface area contributed by atoms with Gasteiger partial charge in [0, 0.05) is 13.5 Å². The van der Waals surface area contributed by atoms with Crippen LogP contribution in [0.15, 0.2) is 0 Å². The van der Waals surface area contributed by atoms with Crippen molar-refractivity contribution in [3.63, 3.8) is 0 Å². The van der Waals surface area contributed by atoms with Crippen molar-refractivity contribution in [2.45, 2.75) is 119 Å². The molecule has 0 radical (unpaired) electrons. The second-order valence-corrected chi connectivity index (χ2v) is 9.90. The van der Waals surface area contributed by atoms with E-state index in [2.05, 4.69) is 5.32 Å². The largest absolute Gasteiger partial charge is 0.394 e.